The third-order valence-corrected chi connectivity index (χ3v) is 3.88. The zero-order valence-corrected chi connectivity index (χ0v) is 7.75. The molecule has 0 aromatic heterocycles. The van der Waals surface area contributed by atoms with E-state index in [1.54, 1.807) is 0 Å². The molecule has 3 heteroatoms. The Morgan fingerprint density at radius 2 is 2.45 bits per heavy atom. The summed E-state index contributed by atoms with van der Waals surface area (Å²) in [5.74, 6) is 1.28. The lowest BCUT2D eigenvalue weighted by atomic mass is 9.88. The minimum Gasteiger partial charge on any atom is -0.378 e. The van der Waals surface area contributed by atoms with E-state index in [-0.39, 0.29) is 0 Å². The number of thioether (sulfide) groups is 1. The molecule has 2 nitrogen and oxygen atoms in total. The van der Waals surface area contributed by atoms with Crippen molar-refractivity contribution in [3.05, 3.63) is 0 Å². The Kier molecular flexibility index (Phi) is 2.12. The van der Waals surface area contributed by atoms with E-state index in [9.17, 15) is 0 Å². The Hall–Kier alpha value is 0.270. The van der Waals surface area contributed by atoms with Crippen molar-refractivity contribution >= 4 is 11.8 Å². The molecule has 1 aliphatic carbocycles. The van der Waals surface area contributed by atoms with Gasteiger partial charge in [-0.1, -0.05) is 0 Å². The third kappa shape index (κ3) is 1.42. The molecule has 2 rings (SSSR count). The highest BCUT2D eigenvalue weighted by Crippen LogP contribution is 2.45. The van der Waals surface area contributed by atoms with Gasteiger partial charge < -0.3 is 10.1 Å². The molecule has 0 unspecified atom stereocenters. The van der Waals surface area contributed by atoms with E-state index in [1.807, 2.05) is 0 Å². The molecule has 0 aromatic rings. The van der Waals surface area contributed by atoms with Crippen LogP contribution in [0.4, 0.5) is 0 Å². The molecule has 1 heterocycles. The van der Waals surface area contributed by atoms with Gasteiger partial charge in [0, 0.05) is 31.7 Å². The molecule has 1 saturated heterocycles. The zero-order valence-electron chi connectivity index (χ0n) is 6.93. The smallest absolute Gasteiger partial charge is 0.0695 e. The first-order valence-corrected chi connectivity index (χ1v) is 5.34. The second kappa shape index (κ2) is 2.96. The highest BCUT2D eigenvalue weighted by molar-refractivity contribution is 8.00. The predicted molar refractivity (Wildman–Crippen MR) is 47.8 cm³/mol. The fourth-order valence-electron chi connectivity index (χ4n) is 1.87. The Labute approximate surface area is 72.1 Å². The van der Waals surface area contributed by atoms with Crippen molar-refractivity contribution in [3.8, 4) is 0 Å². The van der Waals surface area contributed by atoms with E-state index in [2.05, 4.69) is 24.0 Å². The molecule has 2 fully saturated rings. The first kappa shape index (κ1) is 7.90. The summed E-state index contributed by atoms with van der Waals surface area (Å²) < 4.78 is 5.51. The topological polar surface area (TPSA) is 21.3 Å². The molecular formula is C8H15NOS. The van der Waals surface area contributed by atoms with Crippen LogP contribution in [-0.4, -0.2) is 29.9 Å². The van der Waals surface area contributed by atoms with Crippen molar-refractivity contribution in [1.82, 2.24) is 5.32 Å². The summed E-state index contributed by atoms with van der Waals surface area (Å²) in [6.45, 7) is 4.12. The largest absolute Gasteiger partial charge is 0.378 e. The third-order valence-electron chi connectivity index (χ3n) is 2.44. The lowest BCUT2D eigenvalue weighted by Gasteiger charge is -2.44. The van der Waals surface area contributed by atoms with E-state index < -0.39 is 0 Å². The van der Waals surface area contributed by atoms with Crippen molar-refractivity contribution in [2.75, 3.05) is 18.9 Å². The quantitative estimate of drug-likeness (QED) is 0.678. The normalized spacial score (nSPS) is 42.8. The number of ether oxygens (including phenoxy) is 1. The predicted octanol–water partition coefficient (Wildman–Crippen LogP) is 1.22. The van der Waals surface area contributed by atoms with Gasteiger partial charge >= 0.3 is 0 Å². The van der Waals surface area contributed by atoms with Gasteiger partial charge in [0.2, 0.25) is 0 Å². The summed E-state index contributed by atoms with van der Waals surface area (Å²) in [4.78, 5) is 0.430. The molecule has 1 spiro atoms. The maximum Gasteiger partial charge on any atom is 0.0695 e. The van der Waals surface area contributed by atoms with Gasteiger partial charge in [-0.05, 0) is 6.92 Å². The number of hydrogen-bond acceptors (Lipinski definition) is 3. The van der Waals surface area contributed by atoms with E-state index in [1.165, 1.54) is 25.1 Å². The van der Waals surface area contributed by atoms with Gasteiger partial charge in [-0.25, -0.2) is 0 Å². The van der Waals surface area contributed by atoms with Crippen LogP contribution in [0.5, 0.6) is 0 Å². The maximum absolute atomic E-state index is 5.51. The van der Waals surface area contributed by atoms with Crippen LogP contribution in [0.2, 0.25) is 0 Å². The SMILES string of the molecule is CCOC1CC2(C1)NCCS2. The van der Waals surface area contributed by atoms with E-state index >= 15 is 0 Å². The van der Waals surface area contributed by atoms with E-state index in [4.69, 9.17) is 4.74 Å². The van der Waals surface area contributed by atoms with Gasteiger partial charge in [-0.15, -0.1) is 11.8 Å². The molecular weight excluding hydrogens is 158 g/mol. The Morgan fingerprint density at radius 3 is 3.00 bits per heavy atom. The lowest BCUT2D eigenvalue weighted by Crippen LogP contribution is -2.52. The Balaban J connectivity index is 1.77. The van der Waals surface area contributed by atoms with Crippen molar-refractivity contribution in [3.63, 3.8) is 0 Å². The van der Waals surface area contributed by atoms with Crippen LogP contribution in [0.3, 0.4) is 0 Å². The van der Waals surface area contributed by atoms with Crippen LogP contribution >= 0.6 is 11.8 Å². The fraction of sp³-hybridized carbons (Fsp3) is 1.00. The molecule has 64 valence electrons. The molecule has 0 atom stereocenters. The standard InChI is InChI=1S/C8H15NOS/c1-2-10-7-5-8(6-7)9-3-4-11-8/h7,9H,2-6H2,1H3. The fourth-order valence-corrected chi connectivity index (χ4v) is 3.27. The first-order valence-electron chi connectivity index (χ1n) is 4.35. The summed E-state index contributed by atoms with van der Waals surface area (Å²) in [6, 6.07) is 0. The summed E-state index contributed by atoms with van der Waals surface area (Å²) in [6.07, 6.45) is 2.97. The highest BCUT2D eigenvalue weighted by Gasteiger charge is 2.47. The van der Waals surface area contributed by atoms with Gasteiger partial charge in [0.1, 0.15) is 0 Å². The molecule has 0 aromatic carbocycles. The molecule has 11 heavy (non-hydrogen) atoms. The molecule has 1 N–H and O–H groups in total. The minimum atomic E-state index is 0.430. The Morgan fingerprint density at radius 1 is 1.64 bits per heavy atom. The summed E-state index contributed by atoms with van der Waals surface area (Å²) >= 11 is 2.07. The summed E-state index contributed by atoms with van der Waals surface area (Å²) in [5.41, 5.74) is 0. The average Bonchev–Trinajstić information content (AvgIpc) is 2.35. The van der Waals surface area contributed by atoms with Crippen LogP contribution in [0.25, 0.3) is 0 Å². The van der Waals surface area contributed by atoms with Gasteiger partial charge in [0.25, 0.3) is 0 Å². The Bertz CT molecular complexity index is 137. The number of rotatable bonds is 2. The van der Waals surface area contributed by atoms with Gasteiger partial charge in [0.05, 0.1) is 11.0 Å². The molecule has 1 saturated carbocycles. The van der Waals surface area contributed by atoms with Gasteiger partial charge in [-0.3, -0.25) is 0 Å². The van der Waals surface area contributed by atoms with E-state index in [0.29, 0.717) is 11.0 Å². The molecule has 0 amide bonds. The lowest BCUT2D eigenvalue weighted by molar-refractivity contribution is -0.0176. The van der Waals surface area contributed by atoms with Gasteiger partial charge in [0.15, 0.2) is 0 Å². The maximum atomic E-state index is 5.51. The molecule has 0 bridgehead atoms. The van der Waals surface area contributed by atoms with Crippen LogP contribution in [0.1, 0.15) is 19.8 Å². The van der Waals surface area contributed by atoms with E-state index in [0.717, 1.165) is 6.61 Å². The van der Waals surface area contributed by atoms with Crippen molar-refractivity contribution in [2.45, 2.75) is 30.7 Å². The van der Waals surface area contributed by atoms with Crippen LogP contribution in [0.15, 0.2) is 0 Å². The molecule has 0 radical (unpaired) electrons. The van der Waals surface area contributed by atoms with Crippen LogP contribution < -0.4 is 5.32 Å². The van der Waals surface area contributed by atoms with Crippen molar-refractivity contribution < 1.29 is 4.74 Å². The minimum absolute atomic E-state index is 0.430. The van der Waals surface area contributed by atoms with Crippen LogP contribution in [-0.2, 0) is 4.74 Å². The van der Waals surface area contributed by atoms with Gasteiger partial charge in [-0.2, -0.15) is 0 Å². The first-order chi connectivity index (χ1) is 5.35. The second-order valence-corrected chi connectivity index (χ2v) is 4.73. The van der Waals surface area contributed by atoms with Crippen LogP contribution in [0, 0.1) is 0 Å². The van der Waals surface area contributed by atoms with Crippen molar-refractivity contribution in [2.24, 2.45) is 0 Å². The average molecular weight is 173 g/mol. The molecule has 1 aliphatic heterocycles. The van der Waals surface area contributed by atoms with Crippen molar-refractivity contribution in [1.29, 1.82) is 0 Å². The number of nitrogens with one attached hydrogen (secondary N) is 1. The number of hydrogen-bond donors (Lipinski definition) is 1. The molecule has 2 aliphatic rings. The monoisotopic (exact) mass is 173 g/mol. The zero-order chi connectivity index (χ0) is 7.73. The highest BCUT2D eigenvalue weighted by atomic mass is 32.2. The second-order valence-electron chi connectivity index (χ2n) is 3.26. The summed E-state index contributed by atoms with van der Waals surface area (Å²) in [7, 11) is 0. The summed E-state index contributed by atoms with van der Waals surface area (Å²) in [5, 5.41) is 3.54.